The van der Waals surface area contributed by atoms with Crippen molar-refractivity contribution in [2.75, 3.05) is 25.0 Å². The van der Waals surface area contributed by atoms with Crippen LogP contribution in [0.1, 0.15) is 54.2 Å². The van der Waals surface area contributed by atoms with Crippen LogP contribution in [0.5, 0.6) is 0 Å². The molecule has 0 radical (unpaired) electrons. The zero-order valence-electron chi connectivity index (χ0n) is 28.4. The van der Waals surface area contributed by atoms with Gasteiger partial charge in [-0.15, -0.1) is 24.8 Å². The molecule has 51 heavy (non-hydrogen) atoms. The van der Waals surface area contributed by atoms with E-state index in [-0.39, 0.29) is 61.5 Å². The van der Waals surface area contributed by atoms with E-state index < -0.39 is 35.3 Å². The summed E-state index contributed by atoms with van der Waals surface area (Å²) in [5, 5.41) is 5.40. The Morgan fingerprint density at radius 2 is 1.55 bits per heavy atom. The van der Waals surface area contributed by atoms with Gasteiger partial charge in [-0.05, 0) is 62.1 Å². The summed E-state index contributed by atoms with van der Waals surface area (Å²) in [5.41, 5.74) is 6.82. The van der Waals surface area contributed by atoms with E-state index in [4.69, 9.17) is 10.5 Å². The van der Waals surface area contributed by atoms with Gasteiger partial charge < -0.3 is 30.6 Å². The molecule has 3 aromatic carbocycles. The first-order valence-corrected chi connectivity index (χ1v) is 16.2. The van der Waals surface area contributed by atoms with Crippen LogP contribution < -0.4 is 16.4 Å². The number of nitrogens with zero attached hydrogens (tertiary/aromatic N) is 3. The molecular formula is C37H43Cl2FN6O5. The third-order valence-corrected chi connectivity index (χ3v) is 8.41. The van der Waals surface area contributed by atoms with Gasteiger partial charge in [0.25, 0.3) is 5.91 Å². The molecule has 1 aromatic heterocycles. The largest absolute Gasteiger partial charge is 0.374 e. The van der Waals surface area contributed by atoms with Crippen molar-refractivity contribution >= 4 is 54.1 Å². The molecule has 0 bridgehead atoms. The lowest BCUT2D eigenvalue weighted by molar-refractivity contribution is -0.134. The predicted molar refractivity (Wildman–Crippen MR) is 196 cm³/mol. The maximum absolute atomic E-state index is 14.1. The van der Waals surface area contributed by atoms with Gasteiger partial charge in [0.05, 0.1) is 25.1 Å². The lowest BCUT2D eigenvalue weighted by atomic mass is 9.88. The molecule has 11 nitrogen and oxygen atoms in total. The van der Waals surface area contributed by atoms with Crippen LogP contribution >= 0.6 is 24.8 Å². The van der Waals surface area contributed by atoms with Crippen LogP contribution in [0.15, 0.2) is 97.5 Å². The highest BCUT2D eigenvalue weighted by Crippen LogP contribution is 2.27. The van der Waals surface area contributed by atoms with Crippen molar-refractivity contribution in [2.24, 2.45) is 11.7 Å². The molecule has 2 heterocycles. The summed E-state index contributed by atoms with van der Waals surface area (Å²) in [6.45, 7) is 3.94. The van der Waals surface area contributed by atoms with Crippen molar-refractivity contribution in [3.05, 3.63) is 120 Å². The first kappa shape index (κ1) is 40.8. The maximum atomic E-state index is 14.1. The number of aromatic nitrogens is 2. The van der Waals surface area contributed by atoms with E-state index in [1.165, 1.54) is 44.4 Å². The van der Waals surface area contributed by atoms with Crippen LogP contribution in [0.3, 0.4) is 0 Å². The Morgan fingerprint density at radius 1 is 0.941 bits per heavy atom. The van der Waals surface area contributed by atoms with E-state index in [9.17, 15) is 23.6 Å². The Balaban J connectivity index is 0.00000351. The van der Waals surface area contributed by atoms with Crippen LogP contribution in [0.25, 0.3) is 0 Å². The summed E-state index contributed by atoms with van der Waals surface area (Å²) in [6.07, 6.45) is 3.99. The van der Waals surface area contributed by atoms with Gasteiger partial charge in [0.1, 0.15) is 17.9 Å². The Bertz CT molecular complexity index is 1740. The average molecular weight is 742 g/mol. The molecule has 0 aliphatic carbocycles. The summed E-state index contributed by atoms with van der Waals surface area (Å²) < 4.78 is 20.8. The first-order valence-electron chi connectivity index (χ1n) is 16.2. The van der Waals surface area contributed by atoms with E-state index in [1.807, 2.05) is 60.7 Å². The second-order valence-electron chi connectivity index (χ2n) is 12.7. The summed E-state index contributed by atoms with van der Waals surface area (Å²) >= 11 is 0. The van der Waals surface area contributed by atoms with E-state index >= 15 is 0 Å². The fourth-order valence-corrected chi connectivity index (χ4v) is 5.61. The summed E-state index contributed by atoms with van der Waals surface area (Å²) in [4.78, 5) is 59.3. The second kappa shape index (κ2) is 18.6. The van der Waals surface area contributed by atoms with Crippen molar-refractivity contribution < 1.29 is 28.3 Å². The Kier molecular flexibility index (Phi) is 14.9. The summed E-state index contributed by atoms with van der Waals surface area (Å²) in [5.74, 6) is -1.83. The molecule has 0 saturated carbocycles. The Labute approximate surface area is 309 Å². The van der Waals surface area contributed by atoms with Gasteiger partial charge in [-0.1, -0.05) is 60.7 Å². The number of Topliss-reactive ketones (excluding diaryl/α,β-unsaturated/α-hetero) is 1. The van der Waals surface area contributed by atoms with Crippen LogP contribution in [0.2, 0.25) is 0 Å². The molecule has 0 spiro atoms. The number of ketones is 1. The highest BCUT2D eigenvalue weighted by Gasteiger charge is 2.33. The molecule has 272 valence electrons. The van der Waals surface area contributed by atoms with Crippen molar-refractivity contribution in [3.8, 4) is 0 Å². The summed E-state index contributed by atoms with van der Waals surface area (Å²) in [6, 6.07) is 22.3. The molecule has 1 aliphatic rings. The van der Waals surface area contributed by atoms with Crippen molar-refractivity contribution in [2.45, 2.75) is 50.9 Å². The number of carbonyl (C=O) groups is 4. The number of anilines is 1. The number of rotatable bonds is 13. The second-order valence-corrected chi connectivity index (χ2v) is 12.7. The number of halogens is 3. The van der Waals surface area contributed by atoms with Gasteiger partial charge in [-0.25, -0.2) is 9.37 Å². The maximum Gasteiger partial charge on any atom is 0.250 e. The number of hydrogen-bond donors (Lipinski definition) is 3. The molecule has 2 atom stereocenters. The zero-order chi connectivity index (χ0) is 35.0. The molecular weight excluding hydrogens is 698 g/mol. The quantitative estimate of drug-likeness (QED) is 0.164. The third kappa shape index (κ3) is 10.9. The number of nitrogens with one attached hydrogen (secondary N) is 2. The molecule has 1 aliphatic heterocycles. The number of likely N-dealkylation sites (tertiary alicyclic amines) is 1. The first-order chi connectivity index (χ1) is 23.5. The number of benzene rings is 3. The number of amides is 3. The monoisotopic (exact) mass is 740 g/mol. The van der Waals surface area contributed by atoms with Gasteiger partial charge in [-0.2, -0.15) is 0 Å². The molecule has 1 saturated heterocycles. The molecule has 5 rings (SSSR count). The Morgan fingerprint density at radius 3 is 2.16 bits per heavy atom. The van der Waals surface area contributed by atoms with E-state index in [2.05, 4.69) is 15.6 Å². The van der Waals surface area contributed by atoms with Crippen LogP contribution in [-0.2, 0) is 25.7 Å². The fourth-order valence-electron chi connectivity index (χ4n) is 5.61. The minimum absolute atomic E-state index is 0. The lowest BCUT2D eigenvalue weighted by Crippen LogP contribution is -2.56. The highest BCUT2D eigenvalue weighted by atomic mass is 35.5. The average Bonchev–Trinajstić information content (AvgIpc) is 3.56. The van der Waals surface area contributed by atoms with Crippen LogP contribution in [0, 0.1) is 11.7 Å². The van der Waals surface area contributed by atoms with E-state index in [0.717, 1.165) is 11.1 Å². The minimum atomic E-state index is -1.23. The van der Waals surface area contributed by atoms with Gasteiger partial charge >= 0.3 is 0 Å². The predicted octanol–water partition coefficient (Wildman–Crippen LogP) is 4.95. The fraction of sp³-hybridized carbons (Fsp3) is 0.324. The summed E-state index contributed by atoms with van der Waals surface area (Å²) in [7, 11) is 0. The lowest BCUT2D eigenvalue weighted by Gasteiger charge is -2.34. The molecule has 3 amide bonds. The minimum Gasteiger partial charge on any atom is -0.374 e. The molecule has 1 fully saturated rings. The molecule has 4 aromatic rings. The van der Waals surface area contributed by atoms with Crippen molar-refractivity contribution in [3.63, 3.8) is 0 Å². The molecule has 1 unspecified atom stereocenters. The van der Waals surface area contributed by atoms with E-state index in [1.54, 1.807) is 15.7 Å². The number of carbonyl (C=O) groups excluding carboxylic acids is 4. The number of imidazole rings is 1. The van der Waals surface area contributed by atoms with Gasteiger partial charge in [0, 0.05) is 30.8 Å². The number of hydrogen-bond acceptors (Lipinski definition) is 7. The van der Waals surface area contributed by atoms with Gasteiger partial charge in [0.15, 0.2) is 11.6 Å². The number of ether oxygens (including phenoxy) is 1. The van der Waals surface area contributed by atoms with Gasteiger partial charge in [-0.3, -0.25) is 19.2 Å². The van der Waals surface area contributed by atoms with Crippen LogP contribution in [-0.4, -0.2) is 69.2 Å². The van der Waals surface area contributed by atoms with Crippen LogP contribution in [0.4, 0.5) is 10.2 Å². The van der Waals surface area contributed by atoms with Crippen molar-refractivity contribution in [1.82, 2.24) is 19.8 Å². The standard InChI is InChI=1S/C37H41FN6O5.2ClH/c1-37(2,39)36(48)41-30(23-49-22-25-9-5-3-6-10-25)34(46)42-31-21-44(24-40-31)32(26-11-7-4-8-12-26)35(47)43-19-17-28(18-20-43)33(45)27-13-15-29(38)16-14-27;;/h3-16,21,24,28,30,32H,17-20,22-23,39H2,1-2H3,(H,41,48)(H,42,46);2*1H/t30-,32?;;/m1../s1. The Hall–Kier alpha value is -4.62. The van der Waals surface area contributed by atoms with Crippen molar-refractivity contribution in [1.29, 1.82) is 0 Å². The molecule has 4 N–H and O–H groups in total. The normalized spacial score (nSPS) is 14.3. The highest BCUT2D eigenvalue weighted by molar-refractivity contribution is 5.99. The molecule has 14 heteroatoms. The number of piperidine rings is 1. The zero-order valence-corrected chi connectivity index (χ0v) is 30.0. The smallest absolute Gasteiger partial charge is 0.250 e. The van der Waals surface area contributed by atoms with Gasteiger partial charge in [0.2, 0.25) is 11.8 Å². The number of nitrogens with two attached hydrogens (primary N) is 1. The van der Waals surface area contributed by atoms with E-state index in [0.29, 0.717) is 31.5 Å². The SMILES string of the molecule is CC(C)(N)C(=O)N[C@H](COCc1ccccc1)C(=O)Nc1cn(C(C(=O)N2CCC(C(=O)c3ccc(F)cc3)CC2)c2ccccc2)cn1.Cl.Cl. The third-order valence-electron chi connectivity index (χ3n) is 8.41. The topological polar surface area (TPSA) is 149 Å².